The topological polar surface area (TPSA) is 45.7 Å². The highest BCUT2D eigenvalue weighted by molar-refractivity contribution is 14.0. The number of fused-ring (bicyclic) bond motifs is 1. The molecule has 3 unspecified atom stereocenters. The van der Waals surface area contributed by atoms with Gasteiger partial charge in [0.25, 0.3) is 0 Å². The van der Waals surface area contributed by atoms with Gasteiger partial charge in [-0.3, -0.25) is 0 Å². The van der Waals surface area contributed by atoms with E-state index in [1.54, 1.807) is 0 Å². The monoisotopic (exact) mass is 515 g/mol. The fraction of sp³-hybridized carbons (Fsp3) is 0.632. The molecular weight excluding hydrogens is 489 g/mol. The van der Waals surface area contributed by atoms with Crippen LogP contribution in [0.4, 0.5) is 17.6 Å². The van der Waals surface area contributed by atoms with Crippen molar-refractivity contribution in [3.05, 3.63) is 35.1 Å². The van der Waals surface area contributed by atoms with E-state index in [2.05, 4.69) is 29.5 Å². The predicted molar refractivity (Wildman–Crippen MR) is 110 cm³/mol. The van der Waals surface area contributed by atoms with Crippen molar-refractivity contribution in [1.82, 2.24) is 10.6 Å². The van der Waals surface area contributed by atoms with Crippen molar-refractivity contribution in [2.45, 2.75) is 52.1 Å². The standard InChI is InChI=1S/C19H25F4N3O.HI/c1-4-24-17(26-15-13-7-8-27-16(13)18(15,2)3)25-10-11-5-6-12(20)9-14(11)19(21,22)23;/h5-6,9,13,15-16H,4,7-8,10H2,1-3H3,(H2,24,25,26);1H. The van der Waals surface area contributed by atoms with Crippen LogP contribution in [0.5, 0.6) is 0 Å². The summed E-state index contributed by atoms with van der Waals surface area (Å²) in [6, 6.07) is 2.81. The summed E-state index contributed by atoms with van der Waals surface area (Å²) in [5, 5.41) is 6.44. The van der Waals surface area contributed by atoms with Crippen LogP contribution in [0.1, 0.15) is 38.3 Å². The molecule has 1 aromatic carbocycles. The maximum absolute atomic E-state index is 13.3. The van der Waals surface area contributed by atoms with Crippen molar-refractivity contribution in [2.75, 3.05) is 13.2 Å². The van der Waals surface area contributed by atoms with Gasteiger partial charge in [0.1, 0.15) is 5.82 Å². The minimum Gasteiger partial charge on any atom is -0.377 e. The smallest absolute Gasteiger partial charge is 0.377 e. The lowest BCUT2D eigenvalue weighted by Gasteiger charge is -2.54. The molecule has 0 spiro atoms. The zero-order valence-electron chi connectivity index (χ0n) is 16.1. The molecule has 1 heterocycles. The Morgan fingerprint density at radius 3 is 2.68 bits per heavy atom. The second-order valence-corrected chi connectivity index (χ2v) is 7.68. The van der Waals surface area contributed by atoms with Crippen molar-refractivity contribution in [2.24, 2.45) is 16.3 Å². The second kappa shape index (κ2) is 8.73. The van der Waals surface area contributed by atoms with Crippen LogP contribution >= 0.6 is 24.0 Å². The quantitative estimate of drug-likeness (QED) is 0.272. The summed E-state index contributed by atoms with van der Waals surface area (Å²) in [5.41, 5.74) is -1.13. The Bertz CT molecular complexity index is 724. The zero-order valence-corrected chi connectivity index (χ0v) is 18.4. The maximum atomic E-state index is 13.3. The molecule has 1 saturated carbocycles. The number of ether oxygens (including phenoxy) is 1. The number of guanidine groups is 1. The Morgan fingerprint density at radius 2 is 2.04 bits per heavy atom. The van der Waals surface area contributed by atoms with Crippen LogP contribution in [0, 0.1) is 17.2 Å². The van der Waals surface area contributed by atoms with Gasteiger partial charge >= 0.3 is 6.18 Å². The Labute approximate surface area is 179 Å². The molecule has 1 aliphatic heterocycles. The van der Waals surface area contributed by atoms with Crippen molar-refractivity contribution in [1.29, 1.82) is 0 Å². The van der Waals surface area contributed by atoms with E-state index in [-0.39, 0.29) is 53.6 Å². The lowest BCUT2D eigenvalue weighted by molar-refractivity contribution is -0.138. The summed E-state index contributed by atoms with van der Waals surface area (Å²) in [7, 11) is 0. The summed E-state index contributed by atoms with van der Waals surface area (Å²) >= 11 is 0. The Balaban J connectivity index is 0.00000280. The zero-order chi connectivity index (χ0) is 19.8. The first-order chi connectivity index (χ1) is 12.6. The molecule has 0 aromatic heterocycles. The predicted octanol–water partition coefficient (Wildman–Crippen LogP) is 4.33. The van der Waals surface area contributed by atoms with Gasteiger partial charge in [-0.2, -0.15) is 13.2 Å². The van der Waals surface area contributed by atoms with Crippen LogP contribution in [-0.4, -0.2) is 31.3 Å². The first-order valence-electron chi connectivity index (χ1n) is 9.16. The van der Waals surface area contributed by atoms with Crippen LogP contribution in [0.25, 0.3) is 0 Å². The molecule has 158 valence electrons. The van der Waals surface area contributed by atoms with E-state index in [1.165, 1.54) is 0 Å². The summed E-state index contributed by atoms with van der Waals surface area (Å²) in [5.74, 6) is -0.0811. The first-order valence-corrected chi connectivity index (χ1v) is 9.16. The highest BCUT2D eigenvalue weighted by Crippen LogP contribution is 2.52. The first kappa shape index (κ1) is 23.2. The van der Waals surface area contributed by atoms with Gasteiger partial charge in [0, 0.05) is 30.5 Å². The summed E-state index contributed by atoms with van der Waals surface area (Å²) in [4.78, 5) is 4.32. The molecule has 9 heteroatoms. The molecule has 3 rings (SSSR count). The van der Waals surface area contributed by atoms with Gasteiger partial charge in [-0.25, -0.2) is 9.38 Å². The molecule has 2 N–H and O–H groups in total. The highest BCUT2D eigenvalue weighted by Gasteiger charge is 2.59. The van der Waals surface area contributed by atoms with E-state index in [1.807, 2.05) is 6.92 Å². The molecule has 1 aliphatic carbocycles. The average molecular weight is 515 g/mol. The van der Waals surface area contributed by atoms with Gasteiger partial charge < -0.3 is 15.4 Å². The fourth-order valence-corrected chi connectivity index (χ4v) is 4.20. The van der Waals surface area contributed by atoms with E-state index in [0.29, 0.717) is 24.5 Å². The third-order valence-corrected chi connectivity index (χ3v) is 5.52. The van der Waals surface area contributed by atoms with Crippen molar-refractivity contribution >= 4 is 29.9 Å². The summed E-state index contributed by atoms with van der Waals surface area (Å²) in [6.07, 6.45) is -3.46. The largest absolute Gasteiger partial charge is 0.416 e. The van der Waals surface area contributed by atoms with E-state index >= 15 is 0 Å². The molecule has 0 radical (unpaired) electrons. The molecule has 1 saturated heterocycles. The SMILES string of the molecule is CCNC(=NCc1ccc(F)cc1C(F)(F)F)NC1C2CCOC2C1(C)C.I. The molecule has 0 bridgehead atoms. The van der Waals surface area contributed by atoms with E-state index in [4.69, 9.17) is 4.74 Å². The Morgan fingerprint density at radius 1 is 1.32 bits per heavy atom. The van der Waals surface area contributed by atoms with Crippen LogP contribution in [0.2, 0.25) is 0 Å². The normalized spacial score (nSPS) is 26.1. The molecule has 4 nitrogen and oxygen atoms in total. The maximum Gasteiger partial charge on any atom is 0.416 e. The van der Waals surface area contributed by atoms with Crippen LogP contribution in [0.3, 0.4) is 0 Å². The van der Waals surface area contributed by atoms with E-state index in [0.717, 1.165) is 25.2 Å². The van der Waals surface area contributed by atoms with Crippen molar-refractivity contribution in [3.63, 3.8) is 0 Å². The molecule has 2 aliphatic rings. The van der Waals surface area contributed by atoms with Gasteiger partial charge in [-0.1, -0.05) is 19.9 Å². The Kier molecular flexibility index (Phi) is 7.22. The number of hydrogen-bond acceptors (Lipinski definition) is 2. The number of nitrogens with one attached hydrogen (secondary N) is 2. The van der Waals surface area contributed by atoms with Crippen LogP contribution in [-0.2, 0) is 17.5 Å². The van der Waals surface area contributed by atoms with Gasteiger partial charge in [-0.05, 0) is 31.0 Å². The number of aliphatic imine (C=N–C) groups is 1. The molecule has 0 amide bonds. The molecular formula is C19H26F4IN3O. The Hall–Kier alpha value is -1.10. The number of benzene rings is 1. The summed E-state index contributed by atoms with van der Waals surface area (Å²) < 4.78 is 58.5. The van der Waals surface area contributed by atoms with Gasteiger partial charge in [0.15, 0.2) is 5.96 Å². The van der Waals surface area contributed by atoms with Crippen molar-refractivity contribution in [3.8, 4) is 0 Å². The number of nitrogens with zero attached hydrogens (tertiary/aromatic N) is 1. The minimum atomic E-state index is -4.62. The lowest BCUT2D eigenvalue weighted by Crippen LogP contribution is -2.67. The molecule has 1 aromatic rings. The second-order valence-electron chi connectivity index (χ2n) is 7.68. The molecule has 2 fully saturated rings. The summed E-state index contributed by atoms with van der Waals surface area (Å²) in [6.45, 7) is 7.24. The van der Waals surface area contributed by atoms with Gasteiger partial charge in [0.05, 0.1) is 18.2 Å². The fourth-order valence-electron chi connectivity index (χ4n) is 4.20. The number of alkyl halides is 3. The van der Waals surface area contributed by atoms with Gasteiger partial charge in [-0.15, -0.1) is 24.0 Å². The minimum absolute atomic E-state index is 0. The van der Waals surface area contributed by atoms with E-state index in [9.17, 15) is 17.6 Å². The van der Waals surface area contributed by atoms with Crippen LogP contribution in [0.15, 0.2) is 23.2 Å². The number of hydrogen-bond donors (Lipinski definition) is 2. The number of rotatable bonds is 4. The highest BCUT2D eigenvalue weighted by atomic mass is 127. The number of halogens is 5. The van der Waals surface area contributed by atoms with Gasteiger partial charge in [0.2, 0.25) is 0 Å². The van der Waals surface area contributed by atoms with Crippen LogP contribution < -0.4 is 10.6 Å². The third kappa shape index (κ3) is 4.55. The molecule has 3 atom stereocenters. The van der Waals surface area contributed by atoms with E-state index < -0.39 is 17.6 Å². The lowest BCUT2D eigenvalue weighted by atomic mass is 9.57. The van der Waals surface area contributed by atoms with Crippen molar-refractivity contribution < 1.29 is 22.3 Å². The molecule has 28 heavy (non-hydrogen) atoms. The average Bonchev–Trinajstić information content (AvgIpc) is 3.04. The third-order valence-electron chi connectivity index (χ3n) is 5.52.